The number of carbonyl (C=O) groups is 1. The molecule has 0 aliphatic heterocycles. The standard InChI is InChI=1S/C11H11Cl2N5O/c1-7(4-18-6-14-5-15-18)16-11(19)8-2-9(12)17-10(13)3-8/h2-3,5-7H,4H2,1H3,(H,16,19). The second-order valence-electron chi connectivity index (χ2n) is 3.99. The van der Waals surface area contributed by atoms with E-state index in [4.69, 9.17) is 23.2 Å². The number of pyridine rings is 1. The summed E-state index contributed by atoms with van der Waals surface area (Å²) in [5.41, 5.74) is 0.371. The Morgan fingerprint density at radius 1 is 1.42 bits per heavy atom. The van der Waals surface area contributed by atoms with E-state index in [1.165, 1.54) is 18.5 Å². The van der Waals surface area contributed by atoms with Gasteiger partial charge in [-0.25, -0.2) is 9.97 Å². The van der Waals surface area contributed by atoms with Gasteiger partial charge in [-0.15, -0.1) is 0 Å². The van der Waals surface area contributed by atoms with Crippen molar-refractivity contribution in [2.45, 2.75) is 19.5 Å². The summed E-state index contributed by atoms with van der Waals surface area (Å²) in [4.78, 5) is 19.6. The molecule has 1 N–H and O–H groups in total. The number of halogens is 2. The Bertz CT molecular complexity index is 552. The molecule has 1 unspecified atom stereocenters. The second kappa shape index (κ2) is 5.99. The monoisotopic (exact) mass is 299 g/mol. The number of nitrogens with one attached hydrogen (secondary N) is 1. The molecule has 2 heterocycles. The third kappa shape index (κ3) is 3.90. The van der Waals surface area contributed by atoms with E-state index in [2.05, 4.69) is 20.4 Å². The van der Waals surface area contributed by atoms with Crippen molar-refractivity contribution in [1.29, 1.82) is 0 Å². The van der Waals surface area contributed by atoms with Gasteiger partial charge in [0.2, 0.25) is 0 Å². The highest BCUT2D eigenvalue weighted by Gasteiger charge is 2.12. The van der Waals surface area contributed by atoms with Gasteiger partial charge in [-0.3, -0.25) is 9.48 Å². The Morgan fingerprint density at radius 2 is 2.11 bits per heavy atom. The molecular formula is C11H11Cl2N5O. The van der Waals surface area contributed by atoms with Crippen LogP contribution in [0.3, 0.4) is 0 Å². The van der Waals surface area contributed by atoms with Crippen molar-refractivity contribution in [3.8, 4) is 0 Å². The molecule has 0 saturated heterocycles. The Kier molecular flexibility index (Phi) is 4.34. The predicted molar refractivity (Wildman–Crippen MR) is 71.2 cm³/mol. The van der Waals surface area contributed by atoms with Crippen LogP contribution in [0.4, 0.5) is 0 Å². The summed E-state index contributed by atoms with van der Waals surface area (Å²) in [6.07, 6.45) is 3.03. The SMILES string of the molecule is CC(Cn1cncn1)NC(=O)c1cc(Cl)nc(Cl)c1. The van der Waals surface area contributed by atoms with Gasteiger partial charge in [0, 0.05) is 11.6 Å². The van der Waals surface area contributed by atoms with Crippen LogP contribution in [0, 0.1) is 0 Å². The van der Waals surface area contributed by atoms with E-state index in [0.717, 1.165) is 0 Å². The van der Waals surface area contributed by atoms with Gasteiger partial charge in [-0.2, -0.15) is 5.10 Å². The first kappa shape index (κ1) is 13.8. The Labute approximate surface area is 119 Å². The quantitative estimate of drug-likeness (QED) is 0.874. The zero-order chi connectivity index (χ0) is 13.8. The summed E-state index contributed by atoms with van der Waals surface area (Å²) < 4.78 is 1.64. The van der Waals surface area contributed by atoms with Crippen LogP contribution in [0.25, 0.3) is 0 Å². The molecule has 19 heavy (non-hydrogen) atoms. The highest BCUT2D eigenvalue weighted by molar-refractivity contribution is 6.33. The third-order valence-electron chi connectivity index (χ3n) is 2.33. The average Bonchev–Trinajstić information content (AvgIpc) is 2.80. The zero-order valence-electron chi connectivity index (χ0n) is 10.0. The minimum absolute atomic E-state index is 0.111. The molecule has 0 bridgehead atoms. The molecule has 2 aromatic rings. The van der Waals surface area contributed by atoms with Gasteiger partial charge < -0.3 is 5.32 Å². The van der Waals surface area contributed by atoms with Crippen molar-refractivity contribution in [2.24, 2.45) is 0 Å². The second-order valence-corrected chi connectivity index (χ2v) is 4.77. The number of aromatic nitrogens is 4. The minimum Gasteiger partial charge on any atom is -0.348 e. The van der Waals surface area contributed by atoms with Gasteiger partial charge in [0.05, 0.1) is 6.54 Å². The first-order valence-corrected chi connectivity index (χ1v) is 6.26. The number of hydrogen-bond acceptors (Lipinski definition) is 4. The van der Waals surface area contributed by atoms with Crippen molar-refractivity contribution in [2.75, 3.05) is 0 Å². The molecule has 0 saturated carbocycles. The summed E-state index contributed by atoms with van der Waals surface area (Å²) in [7, 11) is 0. The Balaban J connectivity index is 2.00. The lowest BCUT2D eigenvalue weighted by molar-refractivity contribution is 0.0936. The summed E-state index contributed by atoms with van der Waals surface area (Å²) in [5.74, 6) is -0.265. The highest BCUT2D eigenvalue weighted by Crippen LogP contribution is 2.14. The number of rotatable bonds is 4. The lowest BCUT2D eigenvalue weighted by atomic mass is 10.2. The molecule has 2 aromatic heterocycles. The molecule has 0 aliphatic rings. The van der Waals surface area contributed by atoms with E-state index in [1.807, 2.05) is 6.92 Å². The fourth-order valence-corrected chi connectivity index (χ4v) is 2.02. The Hall–Kier alpha value is -1.66. The van der Waals surface area contributed by atoms with Crippen LogP contribution < -0.4 is 5.32 Å². The van der Waals surface area contributed by atoms with Crippen LogP contribution in [0.15, 0.2) is 24.8 Å². The number of nitrogens with zero attached hydrogens (tertiary/aromatic N) is 4. The van der Waals surface area contributed by atoms with Crippen molar-refractivity contribution >= 4 is 29.1 Å². The van der Waals surface area contributed by atoms with Crippen LogP contribution in [0.1, 0.15) is 17.3 Å². The van der Waals surface area contributed by atoms with Gasteiger partial charge in [-0.05, 0) is 19.1 Å². The molecule has 0 aromatic carbocycles. The number of amides is 1. The molecule has 0 aliphatic carbocycles. The molecule has 1 amide bonds. The number of carbonyl (C=O) groups excluding carboxylic acids is 1. The fraction of sp³-hybridized carbons (Fsp3) is 0.273. The summed E-state index contributed by atoms with van der Waals surface area (Å²) in [6.45, 7) is 2.39. The number of hydrogen-bond donors (Lipinski definition) is 1. The first-order valence-electron chi connectivity index (χ1n) is 5.51. The van der Waals surface area contributed by atoms with Gasteiger partial charge >= 0.3 is 0 Å². The van der Waals surface area contributed by atoms with Gasteiger partial charge in [0.1, 0.15) is 23.0 Å². The molecular weight excluding hydrogens is 289 g/mol. The maximum atomic E-state index is 12.0. The average molecular weight is 300 g/mol. The smallest absolute Gasteiger partial charge is 0.251 e. The molecule has 0 radical (unpaired) electrons. The summed E-state index contributed by atoms with van der Waals surface area (Å²) >= 11 is 11.5. The minimum atomic E-state index is -0.265. The molecule has 1 atom stereocenters. The van der Waals surface area contributed by atoms with E-state index in [-0.39, 0.29) is 22.3 Å². The van der Waals surface area contributed by atoms with E-state index in [0.29, 0.717) is 12.1 Å². The lowest BCUT2D eigenvalue weighted by Crippen LogP contribution is -2.35. The maximum Gasteiger partial charge on any atom is 0.251 e. The predicted octanol–water partition coefficient (Wildman–Crippen LogP) is 1.80. The van der Waals surface area contributed by atoms with Gasteiger partial charge in [-0.1, -0.05) is 23.2 Å². The third-order valence-corrected chi connectivity index (χ3v) is 2.72. The summed E-state index contributed by atoms with van der Waals surface area (Å²) in [6, 6.07) is 2.82. The lowest BCUT2D eigenvalue weighted by Gasteiger charge is -2.13. The van der Waals surface area contributed by atoms with Crippen LogP contribution in [-0.2, 0) is 6.54 Å². The van der Waals surface area contributed by atoms with Crippen molar-refractivity contribution < 1.29 is 4.79 Å². The first-order chi connectivity index (χ1) is 9.04. The summed E-state index contributed by atoms with van der Waals surface area (Å²) in [5, 5.41) is 7.15. The van der Waals surface area contributed by atoms with Crippen LogP contribution in [-0.4, -0.2) is 31.7 Å². The van der Waals surface area contributed by atoms with E-state index in [1.54, 1.807) is 11.0 Å². The van der Waals surface area contributed by atoms with Gasteiger partial charge in [0.15, 0.2) is 0 Å². The van der Waals surface area contributed by atoms with Crippen LogP contribution in [0.2, 0.25) is 10.3 Å². The molecule has 2 rings (SSSR count). The van der Waals surface area contributed by atoms with Crippen molar-refractivity contribution in [3.63, 3.8) is 0 Å². The molecule has 100 valence electrons. The van der Waals surface area contributed by atoms with Gasteiger partial charge in [0.25, 0.3) is 5.91 Å². The molecule has 8 heteroatoms. The van der Waals surface area contributed by atoms with E-state index >= 15 is 0 Å². The van der Waals surface area contributed by atoms with Crippen LogP contribution >= 0.6 is 23.2 Å². The molecule has 0 fully saturated rings. The zero-order valence-corrected chi connectivity index (χ0v) is 11.6. The van der Waals surface area contributed by atoms with E-state index in [9.17, 15) is 4.79 Å². The molecule has 0 spiro atoms. The fourth-order valence-electron chi connectivity index (χ4n) is 1.56. The topological polar surface area (TPSA) is 72.7 Å². The van der Waals surface area contributed by atoms with Crippen molar-refractivity contribution in [3.05, 3.63) is 40.7 Å². The Morgan fingerprint density at radius 3 is 2.68 bits per heavy atom. The largest absolute Gasteiger partial charge is 0.348 e. The van der Waals surface area contributed by atoms with Crippen molar-refractivity contribution in [1.82, 2.24) is 25.1 Å². The highest BCUT2D eigenvalue weighted by atomic mass is 35.5. The van der Waals surface area contributed by atoms with E-state index < -0.39 is 0 Å². The normalized spacial score (nSPS) is 12.2. The van der Waals surface area contributed by atoms with Crippen LogP contribution in [0.5, 0.6) is 0 Å². The maximum absolute atomic E-state index is 12.0. The molecule has 6 nitrogen and oxygen atoms in total.